The molecular weight excluding hydrogens is 207 g/mol. The van der Waals surface area contributed by atoms with Crippen molar-refractivity contribution in [1.82, 2.24) is 4.90 Å². The standard InChI is InChI=1S/C12H15FN2O/c1-8-2-12(16)15(6-8)7-9-3-10(13)5-11(14)4-9/h3-5,8H,2,6-7,14H2,1H3. The SMILES string of the molecule is CC1CC(=O)N(Cc2cc(N)cc(F)c2)C1. The molecule has 1 unspecified atom stereocenters. The Morgan fingerprint density at radius 2 is 2.25 bits per heavy atom. The molecule has 0 saturated carbocycles. The first-order valence-electron chi connectivity index (χ1n) is 5.37. The van der Waals surface area contributed by atoms with Crippen LogP contribution in [-0.4, -0.2) is 17.4 Å². The molecule has 1 heterocycles. The highest BCUT2D eigenvalue weighted by Crippen LogP contribution is 2.20. The number of carbonyl (C=O) groups is 1. The molecule has 86 valence electrons. The van der Waals surface area contributed by atoms with Gasteiger partial charge in [-0.15, -0.1) is 0 Å². The molecule has 4 heteroatoms. The van der Waals surface area contributed by atoms with E-state index in [1.165, 1.54) is 12.1 Å². The molecule has 3 nitrogen and oxygen atoms in total. The molecule has 1 aliphatic heterocycles. The van der Waals surface area contributed by atoms with Crippen molar-refractivity contribution in [1.29, 1.82) is 0 Å². The van der Waals surface area contributed by atoms with E-state index in [4.69, 9.17) is 5.73 Å². The summed E-state index contributed by atoms with van der Waals surface area (Å²) in [4.78, 5) is 13.3. The number of likely N-dealkylation sites (tertiary alicyclic amines) is 1. The van der Waals surface area contributed by atoms with Crippen molar-refractivity contribution in [2.75, 3.05) is 12.3 Å². The first-order valence-corrected chi connectivity index (χ1v) is 5.37. The van der Waals surface area contributed by atoms with Gasteiger partial charge in [0.1, 0.15) is 5.82 Å². The summed E-state index contributed by atoms with van der Waals surface area (Å²) < 4.78 is 13.1. The Hall–Kier alpha value is -1.58. The van der Waals surface area contributed by atoms with E-state index in [-0.39, 0.29) is 11.7 Å². The highest BCUT2D eigenvalue weighted by Gasteiger charge is 2.26. The van der Waals surface area contributed by atoms with Crippen molar-refractivity contribution in [3.63, 3.8) is 0 Å². The molecule has 1 atom stereocenters. The van der Waals surface area contributed by atoms with E-state index in [9.17, 15) is 9.18 Å². The third kappa shape index (κ3) is 2.32. The van der Waals surface area contributed by atoms with Crippen molar-refractivity contribution < 1.29 is 9.18 Å². The molecule has 0 aliphatic carbocycles. The van der Waals surface area contributed by atoms with Crippen LogP contribution in [0.25, 0.3) is 0 Å². The minimum absolute atomic E-state index is 0.135. The van der Waals surface area contributed by atoms with Crippen LogP contribution in [-0.2, 0) is 11.3 Å². The zero-order chi connectivity index (χ0) is 11.7. The molecule has 2 rings (SSSR count). The number of hydrogen-bond donors (Lipinski definition) is 1. The Bertz CT molecular complexity index is 399. The fourth-order valence-corrected chi connectivity index (χ4v) is 2.11. The minimum atomic E-state index is -0.352. The summed E-state index contributed by atoms with van der Waals surface area (Å²) in [5.74, 6) is 0.170. The Balaban J connectivity index is 2.12. The first kappa shape index (κ1) is 10.9. The second kappa shape index (κ2) is 4.12. The quantitative estimate of drug-likeness (QED) is 0.775. The van der Waals surface area contributed by atoms with Gasteiger partial charge in [-0.2, -0.15) is 0 Å². The maximum Gasteiger partial charge on any atom is 0.223 e. The van der Waals surface area contributed by atoms with Crippen LogP contribution in [0.1, 0.15) is 18.9 Å². The van der Waals surface area contributed by atoms with Crippen LogP contribution >= 0.6 is 0 Å². The number of carbonyl (C=O) groups excluding carboxylic acids is 1. The Kier molecular flexibility index (Phi) is 2.81. The van der Waals surface area contributed by atoms with Crippen LogP contribution in [0, 0.1) is 11.7 Å². The van der Waals surface area contributed by atoms with Crippen molar-refractivity contribution in [2.24, 2.45) is 5.92 Å². The van der Waals surface area contributed by atoms with Crippen LogP contribution in [0.4, 0.5) is 10.1 Å². The van der Waals surface area contributed by atoms with Gasteiger partial charge in [0.15, 0.2) is 0 Å². The number of nitrogens with two attached hydrogens (primary N) is 1. The number of nitrogens with zero attached hydrogens (tertiary/aromatic N) is 1. The lowest BCUT2D eigenvalue weighted by Crippen LogP contribution is -2.24. The van der Waals surface area contributed by atoms with E-state index in [2.05, 4.69) is 0 Å². The molecule has 0 aromatic heterocycles. The van der Waals surface area contributed by atoms with E-state index >= 15 is 0 Å². The van der Waals surface area contributed by atoms with Crippen molar-refractivity contribution >= 4 is 11.6 Å². The number of hydrogen-bond acceptors (Lipinski definition) is 2. The lowest BCUT2D eigenvalue weighted by atomic mass is 10.1. The zero-order valence-corrected chi connectivity index (χ0v) is 9.24. The van der Waals surface area contributed by atoms with Gasteiger partial charge in [0.25, 0.3) is 0 Å². The summed E-state index contributed by atoms with van der Waals surface area (Å²) in [5.41, 5.74) is 6.70. The molecule has 1 aromatic carbocycles. The highest BCUT2D eigenvalue weighted by molar-refractivity contribution is 5.78. The number of halogens is 1. The third-order valence-corrected chi connectivity index (χ3v) is 2.76. The summed E-state index contributed by atoms with van der Waals surface area (Å²) in [6, 6.07) is 4.41. The fraction of sp³-hybridized carbons (Fsp3) is 0.417. The lowest BCUT2D eigenvalue weighted by molar-refractivity contribution is -0.128. The van der Waals surface area contributed by atoms with Gasteiger partial charge in [-0.1, -0.05) is 6.92 Å². The van der Waals surface area contributed by atoms with Crippen LogP contribution in [0.15, 0.2) is 18.2 Å². The minimum Gasteiger partial charge on any atom is -0.399 e. The second-order valence-electron chi connectivity index (χ2n) is 4.48. The van der Waals surface area contributed by atoms with Crippen molar-refractivity contribution in [2.45, 2.75) is 19.9 Å². The third-order valence-electron chi connectivity index (χ3n) is 2.76. The van der Waals surface area contributed by atoms with Crippen LogP contribution in [0.2, 0.25) is 0 Å². The summed E-state index contributed by atoms with van der Waals surface area (Å²) in [7, 11) is 0. The zero-order valence-electron chi connectivity index (χ0n) is 9.24. The van der Waals surface area contributed by atoms with Crippen molar-refractivity contribution in [3.05, 3.63) is 29.6 Å². The largest absolute Gasteiger partial charge is 0.399 e. The van der Waals surface area contributed by atoms with E-state index in [1.807, 2.05) is 6.92 Å². The summed E-state index contributed by atoms with van der Waals surface area (Å²) in [6.07, 6.45) is 0.588. The molecule has 1 aromatic rings. The van der Waals surface area contributed by atoms with E-state index in [1.54, 1.807) is 11.0 Å². The molecule has 1 fully saturated rings. The van der Waals surface area contributed by atoms with Crippen LogP contribution < -0.4 is 5.73 Å². The average molecular weight is 222 g/mol. The molecule has 1 aliphatic rings. The van der Waals surface area contributed by atoms with E-state index < -0.39 is 0 Å². The van der Waals surface area contributed by atoms with Gasteiger partial charge in [0.05, 0.1) is 0 Å². The molecule has 16 heavy (non-hydrogen) atoms. The number of anilines is 1. The first-order chi connectivity index (χ1) is 7.54. The van der Waals surface area contributed by atoms with Gasteiger partial charge in [0.2, 0.25) is 5.91 Å². The fourth-order valence-electron chi connectivity index (χ4n) is 2.11. The van der Waals surface area contributed by atoms with Crippen molar-refractivity contribution in [3.8, 4) is 0 Å². The molecule has 0 radical (unpaired) electrons. The van der Waals surface area contributed by atoms with Gasteiger partial charge in [-0.05, 0) is 29.7 Å². The van der Waals surface area contributed by atoms with Gasteiger partial charge in [-0.3, -0.25) is 4.79 Å². The molecule has 2 N–H and O–H groups in total. The van der Waals surface area contributed by atoms with Gasteiger partial charge in [0, 0.05) is 25.2 Å². The van der Waals surface area contributed by atoms with E-state index in [0.29, 0.717) is 24.6 Å². The number of rotatable bonds is 2. The molecular formula is C12H15FN2O. The van der Waals surface area contributed by atoms with Gasteiger partial charge in [-0.25, -0.2) is 4.39 Å². The smallest absolute Gasteiger partial charge is 0.223 e. The topological polar surface area (TPSA) is 46.3 Å². The predicted octanol–water partition coefficient (Wildman–Crippen LogP) is 1.78. The molecule has 1 amide bonds. The molecule has 0 spiro atoms. The number of amides is 1. The Labute approximate surface area is 94.0 Å². The van der Waals surface area contributed by atoms with Gasteiger partial charge < -0.3 is 10.6 Å². The Morgan fingerprint density at radius 3 is 2.81 bits per heavy atom. The monoisotopic (exact) mass is 222 g/mol. The highest BCUT2D eigenvalue weighted by atomic mass is 19.1. The second-order valence-corrected chi connectivity index (χ2v) is 4.48. The maximum absolute atomic E-state index is 13.1. The average Bonchev–Trinajstić information content (AvgIpc) is 2.43. The lowest BCUT2D eigenvalue weighted by Gasteiger charge is -2.16. The normalized spacial score (nSPS) is 20.5. The number of benzene rings is 1. The summed E-state index contributed by atoms with van der Waals surface area (Å²) in [6.45, 7) is 3.23. The number of nitrogen functional groups attached to an aromatic ring is 1. The predicted molar refractivity (Wildman–Crippen MR) is 60.0 cm³/mol. The molecule has 0 bridgehead atoms. The maximum atomic E-state index is 13.1. The summed E-state index contributed by atoms with van der Waals surface area (Å²) >= 11 is 0. The van der Waals surface area contributed by atoms with Crippen LogP contribution in [0.3, 0.4) is 0 Å². The van der Waals surface area contributed by atoms with E-state index in [0.717, 1.165) is 12.1 Å². The summed E-state index contributed by atoms with van der Waals surface area (Å²) in [5, 5.41) is 0. The van der Waals surface area contributed by atoms with Gasteiger partial charge >= 0.3 is 0 Å². The molecule has 1 saturated heterocycles. The van der Waals surface area contributed by atoms with Crippen LogP contribution in [0.5, 0.6) is 0 Å². The Morgan fingerprint density at radius 1 is 1.50 bits per heavy atom.